The quantitative estimate of drug-likeness (QED) is 0.694. The lowest BCUT2D eigenvalue weighted by molar-refractivity contribution is 0.0599. The number of benzene rings is 1. The number of pyridine rings is 1. The minimum atomic E-state index is -0.335. The summed E-state index contributed by atoms with van der Waals surface area (Å²) in [5, 5.41) is 0. The highest BCUT2D eigenvalue weighted by Gasteiger charge is 2.13. The van der Waals surface area contributed by atoms with Gasteiger partial charge >= 0.3 is 5.97 Å². The first-order valence-corrected chi connectivity index (χ1v) is 6.87. The summed E-state index contributed by atoms with van der Waals surface area (Å²) in [6.45, 7) is 0.537. The SMILES string of the molecule is COC(=O)c1ccccc1Cn1ccnc1-c1cccnc1. The predicted molar refractivity (Wildman–Crippen MR) is 82.3 cm³/mol. The molecule has 3 aromatic rings. The molecule has 2 heterocycles. The third-order valence-electron chi connectivity index (χ3n) is 3.40. The number of methoxy groups -OCH3 is 1. The molecule has 0 aliphatic heterocycles. The average molecular weight is 293 g/mol. The monoisotopic (exact) mass is 293 g/mol. The third-order valence-corrected chi connectivity index (χ3v) is 3.40. The summed E-state index contributed by atoms with van der Waals surface area (Å²) in [7, 11) is 1.39. The maximum absolute atomic E-state index is 11.9. The van der Waals surface area contributed by atoms with Gasteiger partial charge < -0.3 is 9.30 Å². The van der Waals surface area contributed by atoms with Crippen LogP contribution in [-0.4, -0.2) is 27.6 Å². The molecule has 2 aromatic heterocycles. The van der Waals surface area contributed by atoms with Crippen molar-refractivity contribution in [1.82, 2.24) is 14.5 Å². The number of hydrogen-bond acceptors (Lipinski definition) is 4. The second-order valence-electron chi connectivity index (χ2n) is 4.77. The molecule has 5 heteroatoms. The van der Waals surface area contributed by atoms with Gasteiger partial charge in [-0.1, -0.05) is 18.2 Å². The van der Waals surface area contributed by atoms with Crippen molar-refractivity contribution in [2.24, 2.45) is 0 Å². The fourth-order valence-electron chi connectivity index (χ4n) is 2.34. The molecule has 5 nitrogen and oxygen atoms in total. The van der Waals surface area contributed by atoms with E-state index in [1.807, 2.05) is 41.1 Å². The maximum atomic E-state index is 11.9. The zero-order chi connectivity index (χ0) is 15.4. The highest BCUT2D eigenvalue weighted by atomic mass is 16.5. The zero-order valence-corrected chi connectivity index (χ0v) is 12.1. The molecule has 1 aromatic carbocycles. The van der Waals surface area contributed by atoms with Gasteiger partial charge in [0, 0.05) is 36.9 Å². The molecule has 3 rings (SSSR count). The molecular weight excluding hydrogens is 278 g/mol. The Kier molecular flexibility index (Phi) is 3.96. The Morgan fingerprint density at radius 2 is 2.05 bits per heavy atom. The summed E-state index contributed by atoms with van der Waals surface area (Å²) in [6.07, 6.45) is 7.12. The molecule has 0 saturated heterocycles. The van der Waals surface area contributed by atoms with Crippen LogP contribution in [-0.2, 0) is 11.3 Å². The van der Waals surface area contributed by atoms with E-state index in [1.54, 1.807) is 24.7 Å². The number of imidazole rings is 1. The van der Waals surface area contributed by atoms with Crippen LogP contribution in [0.1, 0.15) is 15.9 Å². The first-order chi connectivity index (χ1) is 10.8. The van der Waals surface area contributed by atoms with E-state index in [2.05, 4.69) is 9.97 Å². The van der Waals surface area contributed by atoms with Crippen molar-refractivity contribution in [3.05, 3.63) is 72.3 Å². The second-order valence-corrected chi connectivity index (χ2v) is 4.77. The van der Waals surface area contributed by atoms with Gasteiger partial charge in [-0.25, -0.2) is 9.78 Å². The number of ether oxygens (including phenoxy) is 1. The Morgan fingerprint density at radius 1 is 1.18 bits per heavy atom. The van der Waals surface area contributed by atoms with Gasteiger partial charge in [0.2, 0.25) is 0 Å². The molecule has 22 heavy (non-hydrogen) atoms. The van der Waals surface area contributed by atoms with Crippen molar-refractivity contribution in [2.45, 2.75) is 6.54 Å². The van der Waals surface area contributed by atoms with Crippen molar-refractivity contribution in [3.63, 3.8) is 0 Å². The van der Waals surface area contributed by atoms with Crippen LogP contribution in [0.4, 0.5) is 0 Å². The molecule has 0 aliphatic carbocycles. The number of carbonyl (C=O) groups is 1. The molecule has 0 aliphatic rings. The molecule has 0 unspecified atom stereocenters. The molecule has 0 spiro atoms. The van der Waals surface area contributed by atoms with E-state index in [0.717, 1.165) is 17.0 Å². The fraction of sp³-hybridized carbons (Fsp3) is 0.118. The summed E-state index contributed by atoms with van der Waals surface area (Å²) in [4.78, 5) is 20.4. The largest absolute Gasteiger partial charge is 0.465 e. The first kappa shape index (κ1) is 14.0. The van der Waals surface area contributed by atoms with Gasteiger partial charge in [-0.05, 0) is 23.8 Å². The topological polar surface area (TPSA) is 57.0 Å². The molecule has 110 valence electrons. The van der Waals surface area contributed by atoms with Gasteiger partial charge in [0.25, 0.3) is 0 Å². The Balaban J connectivity index is 1.96. The van der Waals surface area contributed by atoms with Crippen molar-refractivity contribution in [3.8, 4) is 11.4 Å². The minimum absolute atomic E-state index is 0.335. The van der Waals surface area contributed by atoms with Gasteiger partial charge in [0.15, 0.2) is 0 Å². The lowest BCUT2D eigenvalue weighted by Gasteiger charge is -2.11. The highest BCUT2D eigenvalue weighted by molar-refractivity contribution is 5.91. The molecule has 0 atom stereocenters. The summed E-state index contributed by atoms with van der Waals surface area (Å²) in [5.41, 5.74) is 2.39. The predicted octanol–water partition coefficient (Wildman–Crippen LogP) is 2.78. The number of esters is 1. The Hall–Kier alpha value is -2.95. The molecule has 0 N–H and O–H groups in total. The van der Waals surface area contributed by atoms with Crippen LogP contribution in [0.25, 0.3) is 11.4 Å². The van der Waals surface area contributed by atoms with Gasteiger partial charge in [-0.2, -0.15) is 0 Å². The number of aromatic nitrogens is 3. The van der Waals surface area contributed by atoms with Crippen molar-refractivity contribution in [2.75, 3.05) is 7.11 Å². The zero-order valence-electron chi connectivity index (χ0n) is 12.1. The lowest BCUT2D eigenvalue weighted by Crippen LogP contribution is -2.09. The fourth-order valence-corrected chi connectivity index (χ4v) is 2.34. The van der Waals surface area contributed by atoms with Crippen LogP contribution in [0, 0.1) is 0 Å². The van der Waals surface area contributed by atoms with Crippen LogP contribution >= 0.6 is 0 Å². The van der Waals surface area contributed by atoms with Gasteiger partial charge in [0.05, 0.1) is 12.7 Å². The van der Waals surface area contributed by atoms with Gasteiger partial charge in [-0.3, -0.25) is 4.98 Å². The van der Waals surface area contributed by atoms with E-state index in [1.165, 1.54) is 7.11 Å². The van der Waals surface area contributed by atoms with Crippen LogP contribution in [0.5, 0.6) is 0 Å². The summed E-state index contributed by atoms with van der Waals surface area (Å²) < 4.78 is 6.82. The smallest absolute Gasteiger partial charge is 0.338 e. The number of carbonyl (C=O) groups excluding carboxylic acids is 1. The van der Waals surface area contributed by atoms with Crippen LogP contribution in [0.2, 0.25) is 0 Å². The Labute approximate surface area is 128 Å². The maximum Gasteiger partial charge on any atom is 0.338 e. The van der Waals surface area contributed by atoms with E-state index in [-0.39, 0.29) is 5.97 Å². The van der Waals surface area contributed by atoms with E-state index >= 15 is 0 Å². The third kappa shape index (κ3) is 2.74. The number of rotatable bonds is 4. The van der Waals surface area contributed by atoms with Crippen molar-refractivity contribution < 1.29 is 9.53 Å². The first-order valence-electron chi connectivity index (χ1n) is 6.87. The molecule has 0 saturated carbocycles. The van der Waals surface area contributed by atoms with Crippen molar-refractivity contribution in [1.29, 1.82) is 0 Å². The highest BCUT2D eigenvalue weighted by Crippen LogP contribution is 2.19. The Morgan fingerprint density at radius 3 is 2.82 bits per heavy atom. The van der Waals surface area contributed by atoms with E-state index in [9.17, 15) is 4.79 Å². The summed E-state index contributed by atoms with van der Waals surface area (Å²) in [5.74, 6) is 0.478. The van der Waals surface area contributed by atoms with Crippen LogP contribution in [0.15, 0.2) is 61.2 Å². The molecule has 0 amide bonds. The average Bonchev–Trinajstić information content (AvgIpc) is 3.03. The molecule has 0 bridgehead atoms. The van der Waals surface area contributed by atoms with E-state index < -0.39 is 0 Å². The lowest BCUT2D eigenvalue weighted by atomic mass is 10.1. The van der Waals surface area contributed by atoms with Crippen LogP contribution in [0.3, 0.4) is 0 Å². The van der Waals surface area contributed by atoms with Gasteiger partial charge in [0.1, 0.15) is 5.82 Å². The summed E-state index contributed by atoms with van der Waals surface area (Å²) >= 11 is 0. The van der Waals surface area contributed by atoms with E-state index in [4.69, 9.17) is 4.74 Å². The number of hydrogen-bond donors (Lipinski definition) is 0. The number of nitrogens with zero attached hydrogens (tertiary/aromatic N) is 3. The Bertz CT molecular complexity index is 781. The minimum Gasteiger partial charge on any atom is -0.465 e. The summed E-state index contributed by atoms with van der Waals surface area (Å²) in [6, 6.07) is 11.2. The normalized spacial score (nSPS) is 10.4. The van der Waals surface area contributed by atoms with E-state index in [0.29, 0.717) is 12.1 Å². The standard InChI is InChI=1S/C17H15N3O2/c1-22-17(21)15-7-3-2-5-14(15)12-20-10-9-19-16(20)13-6-4-8-18-11-13/h2-11H,12H2,1H3. The molecule has 0 radical (unpaired) electrons. The molecule has 0 fully saturated rings. The second kappa shape index (κ2) is 6.22. The molecular formula is C17H15N3O2. The van der Waals surface area contributed by atoms with Gasteiger partial charge in [-0.15, -0.1) is 0 Å². The van der Waals surface area contributed by atoms with Crippen molar-refractivity contribution >= 4 is 5.97 Å². The van der Waals surface area contributed by atoms with Crippen LogP contribution < -0.4 is 0 Å².